The number of carbonyl (C=O) groups is 1. The van der Waals surface area contributed by atoms with Crippen LogP contribution in [0.4, 0.5) is 18.0 Å². The largest absolute Gasteiger partial charge is 0.405 e. The Balaban J connectivity index is 3.31. The second-order valence-corrected chi connectivity index (χ2v) is 3.19. The summed E-state index contributed by atoms with van der Waals surface area (Å²) in [5.74, 6) is 0. The summed E-state index contributed by atoms with van der Waals surface area (Å²) < 4.78 is 40.2. The summed E-state index contributed by atoms with van der Waals surface area (Å²) >= 11 is 0. The Morgan fingerprint density at radius 2 is 1.94 bits per heavy atom. The number of hydrogen-bond donors (Lipinski definition) is 2. The van der Waals surface area contributed by atoms with E-state index < -0.39 is 18.8 Å². The minimum Gasteiger partial charge on any atom is -0.381 e. The van der Waals surface area contributed by atoms with Gasteiger partial charge in [0.1, 0.15) is 6.54 Å². The first-order valence-electron chi connectivity index (χ1n) is 5.12. The third-order valence-electron chi connectivity index (χ3n) is 1.55. The molecule has 0 aliphatic heterocycles. The van der Waals surface area contributed by atoms with Crippen molar-refractivity contribution in [1.82, 2.24) is 10.6 Å². The van der Waals surface area contributed by atoms with Crippen molar-refractivity contribution in [3.63, 3.8) is 0 Å². The molecule has 0 spiro atoms. The molecule has 0 unspecified atom stereocenters. The van der Waals surface area contributed by atoms with E-state index in [1.165, 1.54) is 0 Å². The number of ether oxygens (including phenoxy) is 1. The Hall–Kier alpha value is -0.980. The Labute approximate surface area is 92.5 Å². The van der Waals surface area contributed by atoms with E-state index in [0.717, 1.165) is 6.42 Å². The van der Waals surface area contributed by atoms with Crippen molar-refractivity contribution in [2.24, 2.45) is 0 Å². The van der Waals surface area contributed by atoms with Crippen LogP contribution in [0.25, 0.3) is 0 Å². The molecule has 0 radical (unpaired) electrons. The highest BCUT2D eigenvalue weighted by Gasteiger charge is 2.27. The van der Waals surface area contributed by atoms with Crippen LogP contribution in [0, 0.1) is 0 Å². The SMILES string of the molecule is CCCOCCCNC(=O)NCC(F)(F)F. The van der Waals surface area contributed by atoms with Gasteiger partial charge in [0.05, 0.1) is 0 Å². The fourth-order valence-corrected chi connectivity index (χ4v) is 0.866. The molecule has 0 aliphatic carbocycles. The average Bonchev–Trinajstić information content (AvgIpc) is 2.19. The number of rotatable bonds is 7. The molecule has 2 amide bonds. The van der Waals surface area contributed by atoms with E-state index in [-0.39, 0.29) is 0 Å². The van der Waals surface area contributed by atoms with Crippen LogP contribution in [-0.2, 0) is 4.74 Å². The lowest BCUT2D eigenvalue weighted by molar-refractivity contribution is -0.122. The highest BCUT2D eigenvalue weighted by molar-refractivity contribution is 5.73. The maximum absolute atomic E-state index is 11.7. The van der Waals surface area contributed by atoms with E-state index in [1.54, 1.807) is 5.32 Å². The molecule has 0 heterocycles. The van der Waals surface area contributed by atoms with Crippen LogP contribution in [0.1, 0.15) is 19.8 Å². The van der Waals surface area contributed by atoms with E-state index in [4.69, 9.17) is 4.74 Å². The van der Waals surface area contributed by atoms with E-state index in [2.05, 4.69) is 5.32 Å². The van der Waals surface area contributed by atoms with Crippen molar-refractivity contribution < 1.29 is 22.7 Å². The monoisotopic (exact) mass is 242 g/mol. The number of alkyl halides is 3. The van der Waals surface area contributed by atoms with Gasteiger partial charge in [-0.1, -0.05) is 6.92 Å². The number of nitrogens with one attached hydrogen (secondary N) is 2. The summed E-state index contributed by atoms with van der Waals surface area (Å²) in [5, 5.41) is 4.01. The van der Waals surface area contributed by atoms with Gasteiger partial charge in [-0.25, -0.2) is 4.79 Å². The van der Waals surface area contributed by atoms with E-state index >= 15 is 0 Å². The Morgan fingerprint density at radius 1 is 1.25 bits per heavy atom. The summed E-state index contributed by atoms with van der Waals surface area (Å²) in [6.07, 6.45) is -2.87. The molecule has 0 atom stereocenters. The van der Waals surface area contributed by atoms with Crippen molar-refractivity contribution >= 4 is 6.03 Å². The number of carbonyl (C=O) groups excluding carboxylic acids is 1. The van der Waals surface area contributed by atoms with Gasteiger partial charge in [-0.05, 0) is 12.8 Å². The minimum absolute atomic E-state index is 0.299. The highest BCUT2D eigenvalue weighted by Crippen LogP contribution is 2.11. The summed E-state index contributed by atoms with van der Waals surface area (Å²) in [4.78, 5) is 10.8. The Morgan fingerprint density at radius 3 is 2.50 bits per heavy atom. The van der Waals surface area contributed by atoms with Crippen molar-refractivity contribution in [2.45, 2.75) is 25.9 Å². The third kappa shape index (κ3) is 11.1. The first-order valence-corrected chi connectivity index (χ1v) is 5.12. The second kappa shape index (κ2) is 8.20. The topological polar surface area (TPSA) is 50.4 Å². The summed E-state index contributed by atoms with van der Waals surface area (Å²) in [5.41, 5.74) is 0. The molecule has 0 rings (SSSR count). The van der Waals surface area contributed by atoms with Crippen molar-refractivity contribution in [3.05, 3.63) is 0 Å². The molecule has 2 N–H and O–H groups in total. The smallest absolute Gasteiger partial charge is 0.381 e. The molecular formula is C9H17F3N2O2. The zero-order chi connectivity index (χ0) is 12.4. The molecule has 0 fully saturated rings. The highest BCUT2D eigenvalue weighted by atomic mass is 19.4. The van der Waals surface area contributed by atoms with Gasteiger partial charge in [-0.3, -0.25) is 0 Å². The van der Waals surface area contributed by atoms with Crippen LogP contribution in [0.2, 0.25) is 0 Å². The molecule has 0 aromatic heterocycles. The van der Waals surface area contributed by atoms with Gasteiger partial charge in [0, 0.05) is 19.8 Å². The van der Waals surface area contributed by atoms with Gasteiger partial charge in [0.2, 0.25) is 0 Å². The lowest BCUT2D eigenvalue weighted by Crippen LogP contribution is -2.41. The number of urea groups is 1. The number of hydrogen-bond acceptors (Lipinski definition) is 2. The summed E-state index contributed by atoms with van der Waals surface area (Å²) in [6, 6.07) is -0.812. The van der Waals surface area contributed by atoms with Gasteiger partial charge in [0.15, 0.2) is 0 Å². The molecule has 0 saturated heterocycles. The predicted molar refractivity (Wildman–Crippen MR) is 53.2 cm³/mol. The molecule has 96 valence electrons. The number of amides is 2. The quantitative estimate of drug-likeness (QED) is 0.667. The standard InChI is InChI=1S/C9H17F3N2O2/c1-2-5-16-6-3-4-13-8(15)14-7-9(10,11)12/h2-7H2,1H3,(H2,13,14,15). The third-order valence-corrected chi connectivity index (χ3v) is 1.55. The second-order valence-electron chi connectivity index (χ2n) is 3.19. The average molecular weight is 242 g/mol. The maximum atomic E-state index is 11.7. The van der Waals surface area contributed by atoms with E-state index in [1.807, 2.05) is 6.92 Å². The van der Waals surface area contributed by atoms with Crippen LogP contribution in [0.5, 0.6) is 0 Å². The minimum atomic E-state index is -4.37. The summed E-state index contributed by atoms with van der Waals surface area (Å²) in [7, 11) is 0. The van der Waals surface area contributed by atoms with Gasteiger partial charge in [-0.2, -0.15) is 13.2 Å². The molecular weight excluding hydrogens is 225 g/mol. The molecule has 0 aromatic carbocycles. The van der Waals surface area contributed by atoms with E-state index in [9.17, 15) is 18.0 Å². The predicted octanol–water partition coefficient (Wildman–Crippen LogP) is 1.66. The molecule has 7 heteroatoms. The molecule has 0 bridgehead atoms. The summed E-state index contributed by atoms with van der Waals surface area (Å²) in [6.45, 7) is 2.11. The fraction of sp³-hybridized carbons (Fsp3) is 0.889. The molecule has 0 aliphatic rings. The van der Waals surface area contributed by atoms with Crippen LogP contribution in [0.15, 0.2) is 0 Å². The zero-order valence-electron chi connectivity index (χ0n) is 9.19. The van der Waals surface area contributed by atoms with Crippen molar-refractivity contribution in [1.29, 1.82) is 0 Å². The van der Waals surface area contributed by atoms with Crippen LogP contribution in [0.3, 0.4) is 0 Å². The zero-order valence-corrected chi connectivity index (χ0v) is 9.19. The first kappa shape index (κ1) is 15.0. The Kier molecular flexibility index (Phi) is 7.70. The van der Waals surface area contributed by atoms with Crippen LogP contribution in [-0.4, -0.2) is 38.5 Å². The first-order chi connectivity index (χ1) is 7.45. The molecule has 0 saturated carbocycles. The van der Waals surface area contributed by atoms with Gasteiger partial charge < -0.3 is 15.4 Å². The van der Waals surface area contributed by atoms with Crippen molar-refractivity contribution in [3.8, 4) is 0 Å². The van der Waals surface area contributed by atoms with Gasteiger partial charge in [0.25, 0.3) is 0 Å². The lowest BCUT2D eigenvalue weighted by Gasteiger charge is -2.09. The van der Waals surface area contributed by atoms with Crippen molar-refractivity contribution in [2.75, 3.05) is 26.3 Å². The number of halogens is 3. The lowest BCUT2D eigenvalue weighted by atomic mass is 10.4. The van der Waals surface area contributed by atoms with Crippen LogP contribution >= 0.6 is 0 Å². The Bertz CT molecular complexity index is 198. The van der Waals surface area contributed by atoms with Gasteiger partial charge in [-0.15, -0.1) is 0 Å². The van der Waals surface area contributed by atoms with Gasteiger partial charge >= 0.3 is 12.2 Å². The van der Waals surface area contributed by atoms with Crippen LogP contribution < -0.4 is 10.6 Å². The molecule has 4 nitrogen and oxygen atoms in total. The fourth-order valence-electron chi connectivity index (χ4n) is 0.866. The normalized spacial score (nSPS) is 11.2. The van der Waals surface area contributed by atoms with E-state index in [0.29, 0.717) is 26.2 Å². The molecule has 0 aromatic rings. The maximum Gasteiger partial charge on any atom is 0.405 e. The molecule has 16 heavy (non-hydrogen) atoms.